The molecule has 0 bridgehead atoms. The number of rotatable bonds is 2. The van der Waals surface area contributed by atoms with Gasteiger partial charge in [0.2, 0.25) is 0 Å². The fourth-order valence-corrected chi connectivity index (χ4v) is 4.02. The quantitative estimate of drug-likeness (QED) is 0.843. The molecule has 102 valence electrons. The van der Waals surface area contributed by atoms with Gasteiger partial charge in [-0.3, -0.25) is 4.79 Å². The highest BCUT2D eigenvalue weighted by atomic mass is 35.5. The number of ketones is 1. The van der Waals surface area contributed by atoms with E-state index >= 15 is 0 Å². The summed E-state index contributed by atoms with van der Waals surface area (Å²) >= 11 is 1.79. The predicted molar refractivity (Wildman–Crippen MR) is 83.8 cm³/mol. The Labute approximate surface area is 123 Å². The minimum Gasteiger partial charge on any atom is -0.309 e. The van der Waals surface area contributed by atoms with E-state index in [-0.39, 0.29) is 18.3 Å². The summed E-state index contributed by atoms with van der Waals surface area (Å²) in [6.07, 6.45) is 2.05. The average molecular weight is 296 g/mol. The molecule has 1 atom stereocenters. The zero-order valence-electron chi connectivity index (χ0n) is 11.2. The number of Topliss-reactive ketones (excluding diaryl/α,β-unsaturated/α-hetero) is 1. The van der Waals surface area contributed by atoms with E-state index in [0.29, 0.717) is 5.78 Å². The normalized spacial score (nSPS) is 18.5. The van der Waals surface area contributed by atoms with Crippen LogP contribution in [0.25, 0.3) is 10.1 Å². The maximum Gasteiger partial charge on any atom is 0.168 e. The van der Waals surface area contributed by atoms with Crippen molar-refractivity contribution in [1.82, 2.24) is 4.90 Å². The predicted octanol–water partition coefficient (Wildman–Crippen LogP) is 3.63. The number of carbonyl (C=O) groups is 1. The second kappa shape index (κ2) is 5.61. The highest BCUT2D eigenvalue weighted by Gasteiger charge is 2.30. The Morgan fingerprint density at radius 1 is 1.32 bits per heavy atom. The van der Waals surface area contributed by atoms with Gasteiger partial charge in [0.1, 0.15) is 0 Å². The van der Waals surface area contributed by atoms with Crippen molar-refractivity contribution in [2.45, 2.75) is 12.8 Å². The topological polar surface area (TPSA) is 20.3 Å². The highest BCUT2D eigenvalue weighted by Crippen LogP contribution is 2.37. The molecule has 1 aromatic heterocycles. The third kappa shape index (κ3) is 2.55. The van der Waals surface area contributed by atoms with Crippen molar-refractivity contribution in [2.75, 3.05) is 20.6 Å². The maximum atomic E-state index is 12.6. The van der Waals surface area contributed by atoms with Crippen LogP contribution in [0.15, 0.2) is 24.3 Å². The van der Waals surface area contributed by atoms with Gasteiger partial charge in [-0.2, -0.15) is 0 Å². The van der Waals surface area contributed by atoms with Gasteiger partial charge < -0.3 is 4.90 Å². The molecule has 19 heavy (non-hydrogen) atoms. The van der Waals surface area contributed by atoms with E-state index in [4.69, 9.17) is 0 Å². The van der Waals surface area contributed by atoms with Crippen LogP contribution in [-0.4, -0.2) is 31.3 Å². The van der Waals surface area contributed by atoms with Crippen LogP contribution in [0.2, 0.25) is 0 Å². The number of thiophene rings is 1. The Bertz CT molecular complexity index is 605. The molecule has 0 aliphatic heterocycles. The van der Waals surface area contributed by atoms with Crippen LogP contribution < -0.4 is 0 Å². The lowest BCUT2D eigenvalue weighted by Gasteiger charge is -2.24. The molecule has 2 nitrogen and oxygen atoms in total. The minimum atomic E-state index is 0. The number of nitrogens with zero attached hydrogens (tertiary/aromatic N) is 1. The average Bonchev–Trinajstić information content (AvgIpc) is 2.71. The van der Waals surface area contributed by atoms with Crippen molar-refractivity contribution >= 4 is 39.6 Å². The molecular formula is C15H18ClNOS. The van der Waals surface area contributed by atoms with Gasteiger partial charge in [-0.25, -0.2) is 0 Å². The van der Waals surface area contributed by atoms with Crippen LogP contribution in [0, 0.1) is 5.92 Å². The fraction of sp³-hybridized carbons (Fsp3) is 0.400. The van der Waals surface area contributed by atoms with Crippen LogP contribution in [0.3, 0.4) is 0 Å². The summed E-state index contributed by atoms with van der Waals surface area (Å²) in [5.74, 6) is 0.521. The van der Waals surface area contributed by atoms with E-state index in [9.17, 15) is 4.79 Å². The number of hydrogen-bond donors (Lipinski definition) is 0. The monoisotopic (exact) mass is 295 g/mol. The smallest absolute Gasteiger partial charge is 0.168 e. The molecule has 1 unspecified atom stereocenters. The first-order valence-electron chi connectivity index (χ1n) is 6.36. The summed E-state index contributed by atoms with van der Waals surface area (Å²) in [6, 6.07) is 8.28. The Hall–Kier alpha value is -0.900. The van der Waals surface area contributed by atoms with Gasteiger partial charge in [0, 0.05) is 33.0 Å². The van der Waals surface area contributed by atoms with Crippen molar-refractivity contribution < 1.29 is 4.79 Å². The minimum absolute atomic E-state index is 0. The fourth-order valence-electron chi connectivity index (χ4n) is 2.80. The van der Waals surface area contributed by atoms with Gasteiger partial charge in [-0.15, -0.1) is 23.7 Å². The molecular weight excluding hydrogens is 278 g/mol. The van der Waals surface area contributed by atoms with E-state index in [1.54, 1.807) is 11.3 Å². The van der Waals surface area contributed by atoms with Gasteiger partial charge in [0.05, 0.1) is 0 Å². The first kappa shape index (κ1) is 14.5. The SMILES string of the molecule is CN(C)CC1CCc2sc3ccccc3c2C1=O.Cl. The number of aryl methyl sites for hydroxylation is 1. The van der Waals surface area contributed by atoms with Gasteiger partial charge >= 0.3 is 0 Å². The number of halogens is 1. The third-order valence-corrected chi connectivity index (χ3v) is 4.82. The van der Waals surface area contributed by atoms with E-state index in [2.05, 4.69) is 17.0 Å². The van der Waals surface area contributed by atoms with Gasteiger partial charge in [-0.05, 0) is 33.0 Å². The van der Waals surface area contributed by atoms with E-state index in [1.165, 1.54) is 9.58 Å². The Kier molecular flexibility index (Phi) is 4.29. The van der Waals surface area contributed by atoms with Crippen LogP contribution in [0.5, 0.6) is 0 Å². The molecule has 1 aliphatic rings. The number of carbonyl (C=O) groups excluding carboxylic acids is 1. The largest absolute Gasteiger partial charge is 0.309 e. The Balaban J connectivity index is 0.00000133. The van der Waals surface area contributed by atoms with Crippen molar-refractivity contribution in [2.24, 2.45) is 5.92 Å². The number of fused-ring (bicyclic) bond motifs is 3. The third-order valence-electron chi connectivity index (χ3n) is 3.59. The molecule has 3 rings (SSSR count). The lowest BCUT2D eigenvalue weighted by Crippen LogP contribution is -2.31. The van der Waals surface area contributed by atoms with Crippen LogP contribution >= 0.6 is 23.7 Å². The number of hydrogen-bond acceptors (Lipinski definition) is 3. The summed E-state index contributed by atoms with van der Waals surface area (Å²) in [4.78, 5) is 16.0. The molecule has 4 heteroatoms. The first-order valence-corrected chi connectivity index (χ1v) is 7.18. The molecule has 0 radical (unpaired) electrons. The van der Waals surface area contributed by atoms with E-state index in [0.717, 1.165) is 30.3 Å². The maximum absolute atomic E-state index is 12.6. The molecule has 1 aliphatic carbocycles. The first-order chi connectivity index (χ1) is 8.66. The van der Waals surface area contributed by atoms with Crippen molar-refractivity contribution in [3.8, 4) is 0 Å². The molecule has 0 saturated heterocycles. The van der Waals surface area contributed by atoms with E-state index < -0.39 is 0 Å². The van der Waals surface area contributed by atoms with Crippen molar-refractivity contribution in [3.05, 3.63) is 34.7 Å². The molecule has 0 fully saturated rings. The van der Waals surface area contributed by atoms with Crippen molar-refractivity contribution in [1.29, 1.82) is 0 Å². The molecule has 0 spiro atoms. The molecule has 0 amide bonds. The van der Waals surface area contributed by atoms with E-state index in [1.807, 2.05) is 26.2 Å². The molecule has 2 aromatic rings. The summed E-state index contributed by atoms with van der Waals surface area (Å²) < 4.78 is 1.25. The Morgan fingerprint density at radius 3 is 2.79 bits per heavy atom. The second-order valence-corrected chi connectivity index (χ2v) is 6.40. The summed E-state index contributed by atoms with van der Waals surface area (Å²) in [5, 5.41) is 1.16. The van der Waals surface area contributed by atoms with Gasteiger partial charge in [0.25, 0.3) is 0 Å². The van der Waals surface area contributed by atoms with Gasteiger partial charge in [0.15, 0.2) is 5.78 Å². The lowest BCUT2D eigenvalue weighted by atomic mass is 9.85. The summed E-state index contributed by atoms with van der Waals surface area (Å²) in [7, 11) is 4.07. The molecule has 1 heterocycles. The zero-order chi connectivity index (χ0) is 12.7. The highest BCUT2D eigenvalue weighted by molar-refractivity contribution is 7.19. The second-order valence-electron chi connectivity index (χ2n) is 5.26. The summed E-state index contributed by atoms with van der Waals surface area (Å²) in [6.45, 7) is 0.864. The number of benzene rings is 1. The lowest BCUT2D eigenvalue weighted by molar-refractivity contribution is 0.0881. The molecule has 1 aromatic carbocycles. The molecule has 0 N–H and O–H groups in total. The zero-order valence-corrected chi connectivity index (χ0v) is 12.8. The van der Waals surface area contributed by atoms with Crippen LogP contribution in [0.1, 0.15) is 21.7 Å². The van der Waals surface area contributed by atoms with Crippen molar-refractivity contribution in [3.63, 3.8) is 0 Å². The standard InChI is InChI=1S/C15H17NOS.ClH/c1-16(2)9-10-7-8-13-14(15(10)17)11-5-3-4-6-12(11)18-13;/h3-6,10H,7-9H2,1-2H3;1H. The van der Waals surface area contributed by atoms with Crippen LogP contribution in [0.4, 0.5) is 0 Å². The van der Waals surface area contributed by atoms with Crippen LogP contribution in [-0.2, 0) is 6.42 Å². The van der Waals surface area contributed by atoms with Gasteiger partial charge in [-0.1, -0.05) is 18.2 Å². The summed E-state index contributed by atoms with van der Waals surface area (Å²) in [5.41, 5.74) is 1.01. The molecule has 0 saturated carbocycles. The Morgan fingerprint density at radius 2 is 2.05 bits per heavy atom.